The first-order valence-electron chi connectivity index (χ1n) is 7.02. The molecule has 2 rings (SSSR count). The largest absolute Gasteiger partial charge is 0.357 e. The van der Waals surface area contributed by atoms with Crippen molar-refractivity contribution < 1.29 is 4.92 Å². The number of nitrogens with one attached hydrogen (secondary N) is 1. The molecular weight excluding hydrogens is 258 g/mol. The first-order valence-corrected chi connectivity index (χ1v) is 7.02. The van der Waals surface area contributed by atoms with E-state index in [1.807, 2.05) is 4.90 Å². The van der Waals surface area contributed by atoms with E-state index in [4.69, 9.17) is 0 Å². The van der Waals surface area contributed by atoms with E-state index in [1.165, 1.54) is 0 Å². The molecule has 1 N–H and O–H groups in total. The first-order chi connectivity index (χ1) is 9.56. The minimum absolute atomic E-state index is 0.0288. The van der Waals surface area contributed by atoms with Crippen LogP contribution in [-0.2, 0) is 0 Å². The van der Waals surface area contributed by atoms with Gasteiger partial charge >= 0.3 is 5.69 Å². The van der Waals surface area contributed by atoms with Crippen molar-refractivity contribution in [2.75, 3.05) is 30.4 Å². The summed E-state index contributed by atoms with van der Waals surface area (Å²) in [5.41, 5.74) is 0.435. The number of hydrogen-bond acceptors (Lipinski definition) is 6. The summed E-state index contributed by atoms with van der Waals surface area (Å²) in [6.07, 6.45) is 3.38. The summed E-state index contributed by atoms with van der Waals surface area (Å²) in [6.45, 7) is 5.49. The number of aryl methyl sites for hydroxylation is 1. The van der Waals surface area contributed by atoms with Gasteiger partial charge in [-0.05, 0) is 25.7 Å². The minimum Gasteiger partial charge on any atom is -0.357 e. The molecule has 0 spiro atoms. The van der Waals surface area contributed by atoms with E-state index >= 15 is 0 Å². The third kappa shape index (κ3) is 2.81. The van der Waals surface area contributed by atoms with Crippen molar-refractivity contribution in [3.63, 3.8) is 0 Å². The molecular formula is C13H21N5O2. The second-order valence-corrected chi connectivity index (χ2v) is 5.20. The normalized spacial score (nSPS) is 18.4. The summed E-state index contributed by atoms with van der Waals surface area (Å²) >= 11 is 0. The number of aromatic nitrogens is 2. The van der Waals surface area contributed by atoms with Gasteiger partial charge in [0.15, 0.2) is 0 Å². The van der Waals surface area contributed by atoms with Crippen LogP contribution in [0.4, 0.5) is 17.5 Å². The van der Waals surface area contributed by atoms with E-state index in [0.29, 0.717) is 23.4 Å². The summed E-state index contributed by atoms with van der Waals surface area (Å²) in [5.74, 6) is 1.49. The zero-order valence-corrected chi connectivity index (χ0v) is 12.2. The highest BCUT2D eigenvalue weighted by molar-refractivity contribution is 5.62. The fourth-order valence-electron chi connectivity index (χ4n) is 2.77. The Hall–Kier alpha value is -1.92. The second kappa shape index (κ2) is 6.02. The van der Waals surface area contributed by atoms with Gasteiger partial charge in [-0.2, -0.15) is 4.98 Å². The van der Waals surface area contributed by atoms with Crippen LogP contribution in [0.1, 0.15) is 31.9 Å². The van der Waals surface area contributed by atoms with Crippen LogP contribution < -0.4 is 10.2 Å². The molecule has 0 amide bonds. The molecule has 1 aromatic heterocycles. The van der Waals surface area contributed by atoms with E-state index in [0.717, 1.165) is 32.4 Å². The smallest absolute Gasteiger partial charge is 0.332 e. The van der Waals surface area contributed by atoms with Crippen LogP contribution in [-0.4, -0.2) is 35.0 Å². The molecule has 0 radical (unpaired) electrons. The molecule has 1 aromatic rings. The van der Waals surface area contributed by atoms with Crippen LogP contribution in [0.2, 0.25) is 0 Å². The summed E-state index contributed by atoms with van der Waals surface area (Å²) in [7, 11) is 1.72. The maximum Gasteiger partial charge on any atom is 0.332 e. The van der Waals surface area contributed by atoms with Crippen LogP contribution in [0.15, 0.2) is 0 Å². The highest BCUT2D eigenvalue weighted by atomic mass is 16.6. The first kappa shape index (κ1) is 14.5. The number of hydrogen-bond donors (Lipinski definition) is 1. The van der Waals surface area contributed by atoms with Gasteiger partial charge in [-0.1, -0.05) is 13.3 Å². The van der Waals surface area contributed by atoms with Gasteiger partial charge in [-0.25, -0.2) is 4.98 Å². The minimum atomic E-state index is -0.378. The van der Waals surface area contributed by atoms with Crippen molar-refractivity contribution in [1.29, 1.82) is 0 Å². The zero-order chi connectivity index (χ0) is 14.7. The van der Waals surface area contributed by atoms with Crippen LogP contribution in [0, 0.1) is 23.0 Å². The van der Waals surface area contributed by atoms with Crippen molar-refractivity contribution in [3.8, 4) is 0 Å². The third-order valence-corrected chi connectivity index (χ3v) is 3.73. The van der Waals surface area contributed by atoms with Crippen molar-refractivity contribution in [2.24, 2.45) is 5.92 Å². The maximum atomic E-state index is 11.3. The van der Waals surface area contributed by atoms with Gasteiger partial charge in [-0.15, -0.1) is 0 Å². The molecule has 1 atom stereocenters. The Balaban J connectivity index is 2.34. The number of nitro groups is 1. The lowest BCUT2D eigenvalue weighted by Crippen LogP contribution is -2.23. The van der Waals surface area contributed by atoms with E-state index in [2.05, 4.69) is 22.2 Å². The predicted molar refractivity (Wildman–Crippen MR) is 78.2 cm³/mol. The Morgan fingerprint density at radius 1 is 1.50 bits per heavy atom. The fourth-order valence-corrected chi connectivity index (χ4v) is 2.77. The van der Waals surface area contributed by atoms with Gasteiger partial charge in [0.1, 0.15) is 5.69 Å². The maximum absolute atomic E-state index is 11.3. The van der Waals surface area contributed by atoms with Gasteiger partial charge in [-0.3, -0.25) is 10.1 Å². The lowest BCUT2D eigenvalue weighted by atomic mass is 10.0. The molecule has 7 heteroatoms. The van der Waals surface area contributed by atoms with Gasteiger partial charge in [0.2, 0.25) is 11.8 Å². The average Bonchev–Trinajstić information content (AvgIpc) is 2.86. The summed E-state index contributed by atoms with van der Waals surface area (Å²) in [4.78, 5) is 21.4. The Bertz CT molecular complexity index is 506. The molecule has 0 bridgehead atoms. The average molecular weight is 279 g/mol. The lowest BCUT2D eigenvalue weighted by Gasteiger charge is -2.18. The number of rotatable bonds is 5. The molecule has 20 heavy (non-hydrogen) atoms. The molecule has 1 unspecified atom stereocenters. The topological polar surface area (TPSA) is 84.2 Å². The van der Waals surface area contributed by atoms with Gasteiger partial charge < -0.3 is 10.2 Å². The van der Waals surface area contributed by atoms with E-state index in [9.17, 15) is 10.1 Å². The lowest BCUT2D eigenvalue weighted by molar-refractivity contribution is -0.385. The monoisotopic (exact) mass is 279 g/mol. The molecule has 0 saturated carbocycles. The summed E-state index contributed by atoms with van der Waals surface area (Å²) in [6, 6.07) is 0. The van der Waals surface area contributed by atoms with Gasteiger partial charge in [0.05, 0.1) is 4.92 Å². The van der Waals surface area contributed by atoms with Crippen LogP contribution in [0.25, 0.3) is 0 Å². The van der Waals surface area contributed by atoms with Crippen LogP contribution >= 0.6 is 0 Å². The van der Waals surface area contributed by atoms with Crippen molar-refractivity contribution in [1.82, 2.24) is 9.97 Å². The Morgan fingerprint density at radius 2 is 2.25 bits per heavy atom. The molecule has 7 nitrogen and oxygen atoms in total. The Morgan fingerprint density at radius 3 is 2.85 bits per heavy atom. The van der Waals surface area contributed by atoms with Crippen molar-refractivity contribution >= 4 is 17.5 Å². The van der Waals surface area contributed by atoms with Crippen molar-refractivity contribution in [3.05, 3.63) is 15.8 Å². The molecule has 110 valence electrons. The second-order valence-electron chi connectivity index (χ2n) is 5.20. The zero-order valence-electron chi connectivity index (χ0n) is 12.2. The third-order valence-electron chi connectivity index (χ3n) is 3.73. The number of anilines is 2. The predicted octanol–water partition coefficient (Wildman–Crippen LogP) is 2.36. The van der Waals surface area contributed by atoms with Gasteiger partial charge in [0.25, 0.3) is 0 Å². The van der Waals surface area contributed by atoms with Crippen molar-refractivity contribution in [2.45, 2.75) is 33.1 Å². The van der Waals surface area contributed by atoms with Crippen LogP contribution in [0.5, 0.6) is 0 Å². The Labute approximate surface area is 118 Å². The van der Waals surface area contributed by atoms with Crippen LogP contribution in [0.3, 0.4) is 0 Å². The van der Waals surface area contributed by atoms with Gasteiger partial charge in [0, 0.05) is 20.1 Å². The molecule has 0 aliphatic carbocycles. The van der Waals surface area contributed by atoms with E-state index < -0.39 is 0 Å². The van der Waals surface area contributed by atoms with E-state index in [-0.39, 0.29) is 10.6 Å². The fraction of sp³-hybridized carbons (Fsp3) is 0.692. The molecule has 2 heterocycles. The summed E-state index contributed by atoms with van der Waals surface area (Å²) in [5, 5.41) is 14.1. The molecule has 0 aromatic carbocycles. The Kier molecular flexibility index (Phi) is 4.36. The number of nitrogens with zero attached hydrogens (tertiary/aromatic N) is 4. The summed E-state index contributed by atoms with van der Waals surface area (Å²) < 4.78 is 0. The molecule has 1 aliphatic heterocycles. The standard InChI is InChI=1S/C13H21N5O2/c1-4-5-10-6-7-17(8-10)12-11(18(19)20)9(2)15-13(14-3)16-12/h10H,4-8H2,1-3H3,(H,14,15,16). The SMILES string of the molecule is CCCC1CCN(c2nc(NC)nc(C)c2[N+](=O)[O-])C1. The highest BCUT2D eigenvalue weighted by Crippen LogP contribution is 2.34. The van der Waals surface area contributed by atoms with E-state index in [1.54, 1.807) is 14.0 Å². The molecule has 1 fully saturated rings. The molecule has 1 saturated heterocycles. The molecule has 1 aliphatic rings. The quantitative estimate of drug-likeness (QED) is 0.658. The highest BCUT2D eigenvalue weighted by Gasteiger charge is 2.31.